The molecular formula is C14H23N3OS. The largest absolute Gasteiger partial charge is 0.338 e. The van der Waals surface area contributed by atoms with Crippen LogP contribution >= 0.6 is 11.3 Å². The highest BCUT2D eigenvalue weighted by Gasteiger charge is 2.31. The fourth-order valence-electron chi connectivity index (χ4n) is 2.55. The Hall–Kier alpha value is -0.940. The lowest BCUT2D eigenvalue weighted by Gasteiger charge is -2.20. The summed E-state index contributed by atoms with van der Waals surface area (Å²) in [6, 6.07) is 0. The van der Waals surface area contributed by atoms with E-state index in [0.717, 1.165) is 36.6 Å². The van der Waals surface area contributed by atoms with Gasteiger partial charge in [0.2, 0.25) is 0 Å². The number of hydrogen-bond acceptors (Lipinski definition) is 4. The Labute approximate surface area is 119 Å². The summed E-state index contributed by atoms with van der Waals surface area (Å²) in [5, 5.41) is 3.19. The van der Waals surface area contributed by atoms with E-state index in [-0.39, 0.29) is 11.3 Å². The minimum Gasteiger partial charge on any atom is -0.338 e. The van der Waals surface area contributed by atoms with Crippen LogP contribution in [-0.2, 0) is 5.41 Å². The molecule has 1 amide bonds. The van der Waals surface area contributed by atoms with Gasteiger partial charge in [-0.25, -0.2) is 4.98 Å². The Morgan fingerprint density at radius 3 is 2.95 bits per heavy atom. The van der Waals surface area contributed by atoms with Gasteiger partial charge in [-0.15, -0.1) is 11.3 Å². The van der Waals surface area contributed by atoms with Crippen LogP contribution in [0.1, 0.15) is 42.6 Å². The highest BCUT2D eigenvalue weighted by molar-refractivity contribution is 7.11. The van der Waals surface area contributed by atoms with Crippen LogP contribution in [0.5, 0.6) is 0 Å². The highest BCUT2D eigenvalue weighted by Crippen LogP contribution is 2.29. The molecule has 1 unspecified atom stereocenters. The molecule has 0 aromatic carbocycles. The average molecular weight is 281 g/mol. The number of carbonyl (C=O) groups excluding carboxylic acids is 1. The third-order valence-corrected chi connectivity index (χ3v) is 4.35. The summed E-state index contributed by atoms with van der Waals surface area (Å²) in [4.78, 5) is 19.8. The molecule has 2 heterocycles. The van der Waals surface area contributed by atoms with Gasteiger partial charge in [-0.05, 0) is 25.9 Å². The van der Waals surface area contributed by atoms with Crippen molar-refractivity contribution >= 4 is 17.2 Å². The molecule has 0 radical (unpaired) electrons. The van der Waals surface area contributed by atoms with Crippen molar-refractivity contribution in [1.82, 2.24) is 15.2 Å². The number of aromatic nitrogens is 1. The maximum atomic E-state index is 12.6. The van der Waals surface area contributed by atoms with Crippen molar-refractivity contribution in [2.24, 2.45) is 5.92 Å². The fraction of sp³-hybridized carbons (Fsp3) is 0.714. The number of rotatable bonds is 3. The van der Waals surface area contributed by atoms with Crippen LogP contribution in [0.4, 0.5) is 0 Å². The zero-order chi connectivity index (χ0) is 14.0. The molecule has 2 rings (SSSR count). The van der Waals surface area contributed by atoms with Gasteiger partial charge in [0.05, 0.1) is 11.2 Å². The van der Waals surface area contributed by atoms with E-state index in [4.69, 9.17) is 0 Å². The predicted molar refractivity (Wildman–Crippen MR) is 78.8 cm³/mol. The van der Waals surface area contributed by atoms with Gasteiger partial charge in [0, 0.05) is 18.5 Å². The Bertz CT molecular complexity index is 450. The van der Waals surface area contributed by atoms with E-state index in [1.807, 2.05) is 11.9 Å². The summed E-state index contributed by atoms with van der Waals surface area (Å²) in [6.45, 7) is 9.03. The fourth-order valence-corrected chi connectivity index (χ4v) is 3.51. The maximum absolute atomic E-state index is 12.6. The monoisotopic (exact) mass is 281 g/mol. The van der Waals surface area contributed by atoms with Crippen molar-refractivity contribution in [3.05, 3.63) is 16.1 Å². The molecule has 0 spiro atoms. The number of carbonyl (C=O) groups is 1. The first-order valence-electron chi connectivity index (χ1n) is 6.81. The van der Waals surface area contributed by atoms with Crippen molar-refractivity contribution < 1.29 is 4.79 Å². The smallest absolute Gasteiger partial charge is 0.265 e. The van der Waals surface area contributed by atoms with Gasteiger partial charge >= 0.3 is 0 Å². The van der Waals surface area contributed by atoms with Crippen LogP contribution in [0, 0.1) is 5.92 Å². The van der Waals surface area contributed by atoms with E-state index >= 15 is 0 Å². The second-order valence-electron chi connectivity index (χ2n) is 6.24. The van der Waals surface area contributed by atoms with Gasteiger partial charge in [-0.3, -0.25) is 4.79 Å². The second-order valence-corrected chi connectivity index (χ2v) is 7.10. The van der Waals surface area contributed by atoms with Crippen LogP contribution in [0.2, 0.25) is 0 Å². The molecule has 1 aromatic heterocycles. The van der Waals surface area contributed by atoms with Gasteiger partial charge in [0.25, 0.3) is 5.91 Å². The first-order valence-corrected chi connectivity index (χ1v) is 7.69. The summed E-state index contributed by atoms with van der Waals surface area (Å²) < 4.78 is 0. The molecule has 0 saturated carbocycles. The first kappa shape index (κ1) is 14.5. The number of nitrogens with one attached hydrogen (secondary N) is 1. The third-order valence-electron chi connectivity index (χ3n) is 3.54. The molecule has 19 heavy (non-hydrogen) atoms. The van der Waals surface area contributed by atoms with E-state index in [0.29, 0.717) is 5.92 Å². The Morgan fingerprint density at radius 2 is 2.32 bits per heavy atom. The van der Waals surface area contributed by atoms with Crippen LogP contribution in [0.25, 0.3) is 0 Å². The standard InChI is InChI=1S/C14H23N3OS/c1-14(2,3)12-11(19-9-16-12)13(18)17-6-5-10(8-17)7-15-4/h9-10,15H,5-8H2,1-4H3. The quantitative estimate of drug-likeness (QED) is 0.923. The third kappa shape index (κ3) is 3.15. The average Bonchev–Trinajstić information content (AvgIpc) is 2.95. The molecule has 1 fully saturated rings. The summed E-state index contributed by atoms with van der Waals surface area (Å²) in [7, 11) is 1.96. The Kier molecular flexibility index (Phi) is 4.26. The lowest BCUT2D eigenvalue weighted by atomic mass is 9.91. The van der Waals surface area contributed by atoms with Crippen molar-refractivity contribution in [2.75, 3.05) is 26.7 Å². The van der Waals surface area contributed by atoms with Crippen LogP contribution in [-0.4, -0.2) is 42.5 Å². The first-order chi connectivity index (χ1) is 8.93. The molecule has 1 aromatic rings. The minimum atomic E-state index is -0.0743. The summed E-state index contributed by atoms with van der Waals surface area (Å²) in [5.74, 6) is 0.742. The molecule has 5 heteroatoms. The Balaban J connectivity index is 2.11. The van der Waals surface area contributed by atoms with E-state index in [2.05, 4.69) is 31.1 Å². The Morgan fingerprint density at radius 1 is 1.58 bits per heavy atom. The number of amides is 1. The van der Waals surface area contributed by atoms with Gasteiger partial charge in [0.1, 0.15) is 4.88 Å². The van der Waals surface area contributed by atoms with Crippen LogP contribution in [0.15, 0.2) is 5.51 Å². The topological polar surface area (TPSA) is 45.2 Å². The van der Waals surface area contributed by atoms with E-state index in [9.17, 15) is 4.79 Å². The predicted octanol–water partition coefficient (Wildman–Crippen LogP) is 2.12. The summed E-state index contributed by atoms with van der Waals surface area (Å²) in [6.07, 6.45) is 1.09. The number of hydrogen-bond donors (Lipinski definition) is 1. The van der Waals surface area contributed by atoms with Gasteiger partial charge < -0.3 is 10.2 Å². The van der Waals surface area contributed by atoms with E-state index in [1.165, 1.54) is 11.3 Å². The minimum absolute atomic E-state index is 0.0743. The molecule has 106 valence electrons. The van der Waals surface area contributed by atoms with Crippen LogP contribution in [0.3, 0.4) is 0 Å². The van der Waals surface area contributed by atoms with E-state index in [1.54, 1.807) is 5.51 Å². The SMILES string of the molecule is CNCC1CCN(C(=O)c2scnc2C(C)(C)C)C1. The molecule has 1 saturated heterocycles. The van der Waals surface area contributed by atoms with Crippen molar-refractivity contribution in [1.29, 1.82) is 0 Å². The molecule has 1 atom stereocenters. The second kappa shape index (κ2) is 5.59. The number of thiazole rings is 1. The summed E-state index contributed by atoms with van der Waals surface area (Å²) >= 11 is 1.47. The molecule has 1 N–H and O–H groups in total. The molecule has 4 nitrogen and oxygen atoms in total. The van der Waals surface area contributed by atoms with Crippen molar-refractivity contribution in [3.63, 3.8) is 0 Å². The molecular weight excluding hydrogens is 258 g/mol. The lowest BCUT2D eigenvalue weighted by molar-refractivity contribution is 0.0789. The van der Waals surface area contributed by atoms with Crippen LogP contribution < -0.4 is 5.32 Å². The van der Waals surface area contributed by atoms with Gasteiger partial charge in [-0.2, -0.15) is 0 Å². The maximum Gasteiger partial charge on any atom is 0.265 e. The number of nitrogens with zero attached hydrogens (tertiary/aromatic N) is 2. The summed E-state index contributed by atoms with van der Waals surface area (Å²) in [5.41, 5.74) is 2.64. The van der Waals surface area contributed by atoms with E-state index < -0.39 is 0 Å². The normalized spacial score (nSPS) is 20.0. The van der Waals surface area contributed by atoms with Gasteiger partial charge in [-0.1, -0.05) is 20.8 Å². The zero-order valence-corrected chi connectivity index (χ0v) is 13.0. The molecule has 0 bridgehead atoms. The van der Waals surface area contributed by atoms with Crippen molar-refractivity contribution in [3.8, 4) is 0 Å². The zero-order valence-electron chi connectivity index (χ0n) is 12.2. The highest BCUT2D eigenvalue weighted by atomic mass is 32.1. The molecule has 0 aliphatic carbocycles. The van der Waals surface area contributed by atoms with Crippen molar-refractivity contribution in [2.45, 2.75) is 32.6 Å². The lowest BCUT2D eigenvalue weighted by Crippen LogP contribution is -2.31. The molecule has 1 aliphatic heterocycles. The number of likely N-dealkylation sites (tertiary alicyclic amines) is 1. The van der Waals surface area contributed by atoms with Gasteiger partial charge in [0.15, 0.2) is 0 Å². The molecule has 1 aliphatic rings.